The van der Waals surface area contributed by atoms with E-state index in [0.29, 0.717) is 19.6 Å². The van der Waals surface area contributed by atoms with E-state index in [0.717, 1.165) is 25.1 Å². The number of hydrogen-bond donors (Lipinski definition) is 2. The molecule has 1 fully saturated rings. The highest BCUT2D eigenvalue weighted by Gasteiger charge is 2.32. The number of carbonyl (C=O) groups excluding carboxylic acids is 2. The van der Waals surface area contributed by atoms with E-state index in [1.807, 2.05) is 0 Å². The van der Waals surface area contributed by atoms with E-state index in [-0.39, 0.29) is 23.7 Å². The van der Waals surface area contributed by atoms with Crippen molar-refractivity contribution < 1.29 is 22.8 Å². The SMILES string of the molecule is CC(=O)Nc1cc(C(=O)N2CCCNCC2)cc(C(F)(F)F)c1.Cl. The number of alkyl halides is 3. The van der Waals surface area contributed by atoms with Gasteiger partial charge in [-0.3, -0.25) is 9.59 Å². The summed E-state index contributed by atoms with van der Waals surface area (Å²) in [6.07, 6.45) is -3.85. The van der Waals surface area contributed by atoms with E-state index in [1.54, 1.807) is 0 Å². The molecule has 0 radical (unpaired) electrons. The summed E-state index contributed by atoms with van der Waals surface area (Å²) in [5.74, 6) is -0.965. The Morgan fingerprint density at radius 1 is 1.17 bits per heavy atom. The molecule has 2 N–H and O–H groups in total. The van der Waals surface area contributed by atoms with Crippen LogP contribution in [-0.2, 0) is 11.0 Å². The van der Waals surface area contributed by atoms with Gasteiger partial charge in [0.1, 0.15) is 0 Å². The minimum Gasteiger partial charge on any atom is -0.337 e. The lowest BCUT2D eigenvalue weighted by Crippen LogP contribution is -2.34. The Bertz CT molecular complexity index is 600. The first-order valence-corrected chi connectivity index (χ1v) is 7.27. The Morgan fingerprint density at radius 3 is 2.50 bits per heavy atom. The second-order valence-electron chi connectivity index (χ2n) is 5.37. The molecule has 24 heavy (non-hydrogen) atoms. The molecule has 0 aliphatic carbocycles. The molecule has 1 aromatic rings. The third kappa shape index (κ3) is 5.38. The van der Waals surface area contributed by atoms with Gasteiger partial charge in [-0.15, -0.1) is 12.4 Å². The van der Waals surface area contributed by atoms with Gasteiger partial charge in [-0.25, -0.2) is 0 Å². The van der Waals surface area contributed by atoms with Crippen molar-refractivity contribution in [3.8, 4) is 0 Å². The molecule has 0 aromatic heterocycles. The normalized spacial score (nSPS) is 15.2. The summed E-state index contributed by atoms with van der Waals surface area (Å²) >= 11 is 0. The minimum absolute atomic E-state index is 0. The second kappa shape index (κ2) is 8.34. The van der Waals surface area contributed by atoms with Gasteiger partial charge in [0.05, 0.1) is 5.56 Å². The molecule has 0 bridgehead atoms. The van der Waals surface area contributed by atoms with Crippen LogP contribution in [0.3, 0.4) is 0 Å². The van der Waals surface area contributed by atoms with Crippen molar-refractivity contribution in [3.63, 3.8) is 0 Å². The number of halogens is 4. The monoisotopic (exact) mass is 365 g/mol. The lowest BCUT2D eigenvalue weighted by atomic mass is 10.1. The average molecular weight is 366 g/mol. The summed E-state index contributed by atoms with van der Waals surface area (Å²) in [4.78, 5) is 25.1. The van der Waals surface area contributed by atoms with Crippen LogP contribution in [-0.4, -0.2) is 42.9 Å². The summed E-state index contributed by atoms with van der Waals surface area (Å²) < 4.78 is 39.0. The first-order chi connectivity index (χ1) is 10.8. The molecule has 2 rings (SSSR count). The van der Waals surface area contributed by atoms with Crippen molar-refractivity contribution in [3.05, 3.63) is 29.3 Å². The highest BCUT2D eigenvalue weighted by molar-refractivity contribution is 5.97. The molecule has 1 saturated heterocycles. The van der Waals surface area contributed by atoms with Crippen LogP contribution >= 0.6 is 12.4 Å². The fraction of sp³-hybridized carbons (Fsp3) is 0.467. The maximum absolute atomic E-state index is 13.0. The fourth-order valence-electron chi connectivity index (χ4n) is 2.42. The van der Waals surface area contributed by atoms with Crippen molar-refractivity contribution in [2.75, 3.05) is 31.5 Å². The van der Waals surface area contributed by atoms with Gasteiger partial charge in [0.25, 0.3) is 5.91 Å². The fourth-order valence-corrected chi connectivity index (χ4v) is 2.42. The minimum atomic E-state index is -4.59. The maximum Gasteiger partial charge on any atom is 0.416 e. The predicted molar refractivity (Wildman–Crippen MR) is 86.4 cm³/mol. The maximum atomic E-state index is 13.0. The molecule has 1 aliphatic rings. The number of rotatable bonds is 2. The molecule has 9 heteroatoms. The number of anilines is 1. The van der Waals surface area contributed by atoms with Gasteiger partial charge in [-0.1, -0.05) is 0 Å². The highest BCUT2D eigenvalue weighted by Crippen LogP contribution is 2.32. The number of carbonyl (C=O) groups is 2. The standard InChI is InChI=1S/C15H18F3N3O2.ClH/c1-10(22)20-13-8-11(7-12(9-13)15(16,17)18)14(23)21-5-2-3-19-4-6-21;/h7-9,19H,2-6H2,1H3,(H,20,22);1H. The van der Waals surface area contributed by atoms with Gasteiger partial charge in [0.2, 0.25) is 5.91 Å². The summed E-state index contributed by atoms with van der Waals surface area (Å²) in [6, 6.07) is 2.92. The lowest BCUT2D eigenvalue weighted by molar-refractivity contribution is -0.137. The van der Waals surface area contributed by atoms with Crippen molar-refractivity contribution in [1.29, 1.82) is 0 Å². The quantitative estimate of drug-likeness (QED) is 0.846. The highest BCUT2D eigenvalue weighted by atomic mass is 35.5. The molecule has 2 amide bonds. The second-order valence-corrected chi connectivity index (χ2v) is 5.37. The lowest BCUT2D eigenvalue weighted by Gasteiger charge is -2.21. The van der Waals surface area contributed by atoms with E-state index in [4.69, 9.17) is 0 Å². The first kappa shape index (κ1) is 20.2. The van der Waals surface area contributed by atoms with Crippen LogP contribution in [0.4, 0.5) is 18.9 Å². The Labute approximate surface area is 144 Å². The molecule has 1 heterocycles. The molecule has 0 saturated carbocycles. The number of nitrogens with zero attached hydrogens (tertiary/aromatic N) is 1. The van der Waals surface area contributed by atoms with Gasteiger partial charge in [0, 0.05) is 37.8 Å². The van der Waals surface area contributed by atoms with Crippen molar-refractivity contribution >= 4 is 29.9 Å². The van der Waals surface area contributed by atoms with Crippen LogP contribution in [0.15, 0.2) is 18.2 Å². The summed E-state index contributed by atoms with van der Waals surface area (Å²) in [7, 11) is 0. The summed E-state index contributed by atoms with van der Waals surface area (Å²) in [5, 5.41) is 5.43. The topological polar surface area (TPSA) is 61.4 Å². The zero-order valence-electron chi connectivity index (χ0n) is 13.1. The number of benzene rings is 1. The third-order valence-corrected chi connectivity index (χ3v) is 3.45. The average Bonchev–Trinajstić information content (AvgIpc) is 2.73. The summed E-state index contributed by atoms with van der Waals surface area (Å²) in [6.45, 7) is 3.48. The van der Waals surface area contributed by atoms with Crippen LogP contribution in [0.2, 0.25) is 0 Å². The molecular formula is C15H19ClF3N3O2. The predicted octanol–water partition coefficient (Wildman–Crippen LogP) is 2.52. The Kier molecular flexibility index (Phi) is 7.04. The molecule has 0 spiro atoms. The Balaban J connectivity index is 0.00000288. The van der Waals surface area contributed by atoms with Crippen molar-refractivity contribution in [1.82, 2.24) is 10.2 Å². The Hall–Kier alpha value is -1.80. The third-order valence-electron chi connectivity index (χ3n) is 3.45. The number of nitrogens with one attached hydrogen (secondary N) is 2. The van der Waals surface area contributed by atoms with Crippen molar-refractivity contribution in [2.24, 2.45) is 0 Å². The number of hydrogen-bond acceptors (Lipinski definition) is 3. The number of amides is 2. The van der Waals surface area contributed by atoms with Gasteiger partial charge in [-0.2, -0.15) is 13.2 Å². The van der Waals surface area contributed by atoms with E-state index in [9.17, 15) is 22.8 Å². The smallest absolute Gasteiger partial charge is 0.337 e. The first-order valence-electron chi connectivity index (χ1n) is 7.27. The van der Waals surface area contributed by atoms with Crippen LogP contribution in [0.5, 0.6) is 0 Å². The van der Waals surface area contributed by atoms with E-state index in [2.05, 4.69) is 10.6 Å². The van der Waals surface area contributed by atoms with Crippen molar-refractivity contribution in [2.45, 2.75) is 19.5 Å². The van der Waals surface area contributed by atoms with E-state index in [1.165, 1.54) is 17.9 Å². The molecule has 1 aliphatic heterocycles. The Morgan fingerprint density at radius 2 is 1.88 bits per heavy atom. The van der Waals surface area contributed by atoms with Crippen LogP contribution < -0.4 is 10.6 Å². The van der Waals surface area contributed by atoms with Crippen LogP contribution in [0.1, 0.15) is 29.3 Å². The van der Waals surface area contributed by atoms with Gasteiger partial charge in [0.15, 0.2) is 0 Å². The van der Waals surface area contributed by atoms with Gasteiger partial charge < -0.3 is 15.5 Å². The largest absolute Gasteiger partial charge is 0.416 e. The zero-order valence-corrected chi connectivity index (χ0v) is 13.9. The van der Waals surface area contributed by atoms with Gasteiger partial charge >= 0.3 is 6.18 Å². The molecule has 134 valence electrons. The zero-order chi connectivity index (χ0) is 17.0. The van der Waals surface area contributed by atoms with E-state index < -0.39 is 23.6 Å². The van der Waals surface area contributed by atoms with E-state index >= 15 is 0 Å². The van der Waals surface area contributed by atoms with Gasteiger partial charge in [-0.05, 0) is 31.2 Å². The van der Waals surface area contributed by atoms with Crippen LogP contribution in [0.25, 0.3) is 0 Å². The molecule has 0 atom stereocenters. The molecule has 0 unspecified atom stereocenters. The summed E-state index contributed by atoms with van der Waals surface area (Å²) in [5.41, 5.74) is -1.07. The molecule has 5 nitrogen and oxygen atoms in total. The molecular weight excluding hydrogens is 347 g/mol. The van der Waals surface area contributed by atoms with Crippen LogP contribution in [0, 0.1) is 0 Å². The molecule has 1 aromatic carbocycles.